The van der Waals surface area contributed by atoms with Crippen molar-refractivity contribution in [3.63, 3.8) is 0 Å². The molecule has 0 heterocycles. The summed E-state index contributed by atoms with van der Waals surface area (Å²) < 4.78 is 38.8. The van der Waals surface area contributed by atoms with Gasteiger partial charge in [-0.2, -0.15) is 0 Å². The van der Waals surface area contributed by atoms with Crippen molar-refractivity contribution in [2.75, 3.05) is 0 Å². The van der Waals surface area contributed by atoms with E-state index in [-0.39, 0.29) is 11.3 Å². The maximum absolute atomic E-state index is 13.2. The lowest BCUT2D eigenvalue weighted by Crippen LogP contribution is -2.06. The van der Waals surface area contributed by atoms with Crippen LogP contribution in [-0.2, 0) is 0 Å². The lowest BCUT2D eigenvalue weighted by atomic mass is 10.1. The molecule has 0 atom stereocenters. The lowest BCUT2D eigenvalue weighted by molar-refractivity contribution is -0.431. The van der Waals surface area contributed by atoms with Crippen LogP contribution in [0.15, 0.2) is 17.8 Å². The predicted octanol–water partition coefficient (Wildman–Crippen LogP) is 3.38. The molecule has 0 aliphatic carbocycles. The van der Waals surface area contributed by atoms with Crippen molar-refractivity contribution in [2.45, 2.75) is 13.8 Å². The highest BCUT2D eigenvalue weighted by molar-refractivity contribution is 5.52. The summed E-state index contributed by atoms with van der Waals surface area (Å²) >= 11 is 0. The van der Waals surface area contributed by atoms with E-state index in [0.29, 0.717) is 12.1 Å². The van der Waals surface area contributed by atoms with E-state index in [1.54, 1.807) is 13.8 Å². The van der Waals surface area contributed by atoms with Gasteiger partial charge in [0.25, 0.3) is 0 Å². The predicted molar refractivity (Wildman–Crippen MR) is 56.1 cm³/mol. The van der Waals surface area contributed by atoms with Gasteiger partial charge in [0, 0.05) is 23.6 Å². The van der Waals surface area contributed by atoms with Crippen LogP contribution in [0.4, 0.5) is 13.2 Å². The van der Waals surface area contributed by atoms with Crippen molar-refractivity contribution in [1.82, 2.24) is 0 Å². The summed E-state index contributed by atoms with van der Waals surface area (Å²) in [4.78, 5) is 9.98. The SMILES string of the molecule is CC(C)/C(=C/c1cc(F)c(F)cc1F)[N+](=O)[O-]. The number of rotatable bonds is 3. The van der Waals surface area contributed by atoms with Gasteiger partial charge in [-0.05, 0) is 6.07 Å². The molecule has 3 nitrogen and oxygen atoms in total. The van der Waals surface area contributed by atoms with Crippen LogP contribution >= 0.6 is 0 Å². The number of halogens is 3. The molecule has 1 rings (SSSR count). The quantitative estimate of drug-likeness (QED) is 0.465. The van der Waals surface area contributed by atoms with E-state index in [1.807, 2.05) is 0 Å². The van der Waals surface area contributed by atoms with E-state index in [1.165, 1.54) is 0 Å². The summed E-state index contributed by atoms with van der Waals surface area (Å²) in [5.74, 6) is -4.07. The summed E-state index contributed by atoms with van der Waals surface area (Å²) in [7, 11) is 0. The molecule has 0 aliphatic rings. The zero-order chi connectivity index (χ0) is 13.2. The molecule has 0 N–H and O–H groups in total. The smallest absolute Gasteiger partial charge is 0.249 e. The Hall–Kier alpha value is -1.85. The molecule has 0 amide bonds. The minimum Gasteiger partial charge on any atom is -0.259 e. The molecule has 92 valence electrons. The largest absolute Gasteiger partial charge is 0.259 e. The average Bonchev–Trinajstić information content (AvgIpc) is 2.20. The molecule has 0 saturated carbocycles. The summed E-state index contributed by atoms with van der Waals surface area (Å²) in [5.41, 5.74) is -0.612. The summed E-state index contributed by atoms with van der Waals surface area (Å²) in [6.45, 7) is 3.10. The van der Waals surface area contributed by atoms with Gasteiger partial charge in [0.2, 0.25) is 5.70 Å². The van der Waals surface area contributed by atoms with Gasteiger partial charge in [0.05, 0.1) is 4.92 Å². The number of nitro groups is 1. The molecule has 0 aromatic heterocycles. The van der Waals surface area contributed by atoms with Crippen molar-refractivity contribution in [2.24, 2.45) is 5.92 Å². The molecule has 0 saturated heterocycles. The van der Waals surface area contributed by atoms with E-state index >= 15 is 0 Å². The van der Waals surface area contributed by atoms with Gasteiger partial charge in [-0.3, -0.25) is 10.1 Å². The fourth-order valence-corrected chi connectivity index (χ4v) is 1.24. The standard InChI is InChI=1S/C11H10F3NO2/c1-6(2)11(15(16)17)4-7-3-9(13)10(14)5-8(7)12/h3-6H,1-2H3/b11-4-. The first-order valence-corrected chi connectivity index (χ1v) is 4.83. The second kappa shape index (κ2) is 4.99. The van der Waals surface area contributed by atoms with E-state index in [2.05, 4.69) is 0 Å². The Bertz CT molecular complexity index is 484. The van der Waals surface area contributed by atoms with Crippen LogP contribution in [0, 0.1) is 33.5 Å². The first-order chi connectivity index (χ1) is 7.82. The molecule has 1 aromatic rings. The summed E-state index contributed by atoms with van der Waals surface area (Å²) in [6.07, 6.45) is 0.905. The van der Waals surface area contributed by atoms with Crippen molar-refractivity contribution >= 4 is 6.08 Å². The second-order valence-corrected chi connectivity index (χ2v) is 3.77. The number of allylic oxidation sites excluding steroid dienone is 1. The van der Waals surface area contributed by atoms with Crippen LogP contribution in [0.3, 0.4) is 0 Å². The molecule has 0 aliphatic heterocycles. The minimum atomic E-state index is -1.33. The van der Waals surface area contributed by atoms with Crippen LogP contribution in [0.25, 0.3) is 6.08 Å². The molecule has 1 aromatic carbocycles. The van der Waals surface area contributed by atoms with Crippen LogP contribution in [-0.4, -0.2) is 4.92 Å². The number of benzene rings is 1. The van der Waals surface area contributed by atoms with Crippen LogP contribution in [0.2, 0.25) is 0 Å². The number of hydrogen-bond donors (Lipinski definition) is 0. The van der Waals surface area contributed by atoms with Gasteiger partial charge < -0.3 is 0 Å². The Morgan fingerprint density at radius 1 is 1.24 bits per heavy atom. The highest BCUT2D eigenvalue weighted by atomic mass is 19.2. The summed E-state index contributed by atoms with van der Waals surface area (Å²) in [6, 6.07) is 0.954. The normalized spacial score (nSPS) is 12.0. The number of nitrogens with zero attached hydrogens (tertiary/aromatic N) is 1. The van der Waals surface area contributed by atoms with Crippen LogP contribution < -0.4 is 0 Å². The van der Waals surface area contributed by atoms with Gasteiger partial charge in [0.1, 0.15) is 5.82 Å². The Balaban J connectivity index is 3.29. The molecule has 0 spiro atoms. The Morgan fingerprint density at radius 3 is 2.24 bits per heavy atom. The zero-order valence-electron chi connectivity index (χ0n) is 9.21. The van der Waals surface area contributed by atoms with E-state index < -0.39 is 28.3 Å². The third-order valence-electron chi connectivity index (χ3n) is 2.15. The van der Waals surface area contributed by atoms with Crippen molar-refractivity contribution < 1.29 is 18.1 Å². The van der Waals surface area contributed by atoms with Gasteiger partial charge >= 0.3 is 0 Å². The molecule has 17 heavy (non-hydrogen) atoms. The molecule has 0 bridgehead atoms. The zero-order valence-corrected chi connectivity index (χ0v) is 9.21. The molecule has 0 radical (unpaired) electrons. The first-order valence-electron chi connectivity index (χ1n) is 4.83. The summed E-state index contributed by atoms with van der Waals surface area (Å²) in [5, 5.41) is 10.7. The van der Waals surface area contributed by atoms with E-state index in [4.69, 9.17) is 0 Å². The topological polar surface area (TPSA) is 43.1 Å². The fraction of sp³-hybridized carbons (Fsp3) is 0.273. The van der Waals surface area contributed by atoms with Gasteiger partial charge in [-0.1, -0.05) is 13.8 Å². The van der Waals surface area contributed by atoms with Crippen molar-refractivity contribution in [3.05, 3.63) is 51.0 Å². The van der Waals surface area contributed by atoms with E-state index in [0.717, 1.165) is 6.08 Å². The van der Waals surface area contributed by atoms with Gasteiger partial charge in [-0.15, -0.1) is 0 Å². The molecule has 0 fully saturated rings. The highest BCUT2D eigenvalue weighted by Gasteiger charge is 2.18. The van der Waals surface area contributed by atoms with E-state index in [9.17, 15) is 23.3 Å². The van der Waals surface area contributed by atoms with Crippen molar-refractivity contribution in [1.29, 1.82) is 0 Å². The van der Waals surface area contributed by atoms with Crippen LogP contribution in [0.5, 0.6) is 0 Å². The fourth-order valence-electron chi connectivity index (χ4n) is 1.24. The van der Waals surface area contributed by atoms with Crippen LogP contribution in [0.1, 0.15) is 19.4 Å². The highest BCUT2D eigenvalue weighted by Crippen LogP contribution is 2.20. The second-order valence-electron chi connectivity index (χ2n) is 3.77. The number of hydrogen-bond acceptors (Lipinski definition) is 2. The molecule has 0 unspecified atom stereocenters. The van der Waals surface area contributed by atoms with Crippen molar-refractivity contribution in [3.8, 4) is 0 Å². The minimum absolute atomic E-state index is 0.269. The molecular weight excluding hydrogens is 235 g/mol. The molecular formula is C11H10F3NO2. The lowest BCUT2D eigenvalue weighted by Gasteiger charge is -2.03. The first kappa shape index (κ1) is 13.2. The third-order valence-corrected chi connectivity index (χ3v) is 2.15. The Kier molecular flexibility index (Phi) is 3.88. The average molecular weight is 245 g/mol. The maximum Gasteiger partial charge on any atom is 0.249 e. The van der Waals surface area contributed by atoms with Gasteiger partial charge in [0.15, 0.2) is 11.6 Å². The molecule has 6 heteroatoms. The maximum atomic E-state index is 13.2. The van der Waals surface area contributed by atoms with Gasteiger partial charge in [-0.25, -0.2) is 13.2 Å². The third kappa shape index (κ3) is 3.05. The Labute approximate surface area is 95.7 Å². The Morgan fingerprint density at radius 2 is 1.76 bits per heavy atom. The monoisotopic (exact) mass is 245 g/mol.